The zero-order valence-corrected chi connectivity index (χ0v) is 15.1. The number of hydrogen-bond acceptors (Lipinski definition) is 5. The second-order valence-corrected chi connectivity index (χ2v) is 7.16. The fourth-order valence-electron chi connectivity index (χ4n) is 3.64. The largest absolute Gasteiger partial charge is 0.481 e. The number of rotatable bonds is 4. The normalized spacial score (nSPS) is 25.3. The van der Waals surface area contributed by atoms with Crippen LogP contribution in [0.25, 0.3) is 0 Å². The maximum Gasteiger partial charge on any atom is 0.317 e. The smallest absolute Gasteiger partial charge is 0.317 e. The van der Waals surface area contributed by atoms with Gasteiger partial charge in [-0.1, -0.05) is 0 Å². The number of carboxylic acid groups (broad SMARTS) is 1. The van der Waals surface area contributed by atoms with Crippen LogP contribution in [0.1, 0.15) is 44.1 Å². The van der Waals surface area contributed by atoms with E-state index in [4.69, 9.17) is 15.1 Å². The van der Waals surface area contributed by atoms with Crippen molar-refractivity contribution in [2.45, 2.75) is 50.7 Å². The van der Waals surface area contributed by atoms with Gasteiger partial charge in [-0.25, -0.2) is 9.78 Å². The number of aromatic nitrogens is 1. The van der Waals surface area contributed by atoms with Crippen LogP contribution in [0, 0.1) is 17.2 Å². The molecule has 0 aromatic carbocycles. The van der Waals surface area contributed by atoms with Crippen molar-refractivity contribution < 1.29 is 19.4 Å². The van der Waals surface area contributed by atoms with Crippen LogP contribution in [0.3, 0.4) is 0 Å². The van der Waals surface area contributed by atoms with Crippen LogP contribution in [0.4, 0.5) is 4.79 Å². The van der Waals surface area contributed by atoms with Crippen LogP contribution in [0.5, 0.6) is 5.88 Å². The predicted molar refractivity (Wildman–Crippen MR) is 96.1 cm³/mol. The fourth-order valence-corrected chi connectivity index (χ4v) is 3.64. The van der Waals surface area contributed by atoms with Crippen LogP contribution in [0.15, 0.2) is 18.3 Å². The summed E-state index contributed by atoms with van der Waals surface area (Å²) in [6.07, 6.45) is 6.13. The van der Waals surface area contributed by atoms with E-state index in [9.17, 15) is 9.59 Å². The number of aliphatic carboxylic acids is 1. The van der Waals surface area contributed by atoms with Gasteiger partial charge in [0, 0.05) is 31.4 Å². The minimum absolute atomic E-state index is 0.0463. The predicted octanol–water partition coefficient (Wildman–Crippen LogP) is 2.15. The van der Waals surface area contributed by atoms with Crippen molar-refractivity contribution in [1.29, 1.82) is 5.26 Å². The summed E-state index contributed by atoms with van der Waals surface area (Å²) in [5, 5.41) is 21.0. The van der Waals surface area contributed by atoms with E-state index in [0.29, 0.717) is 24.4 Å². The summed E-state index contributed by atoms with van der Waals surface area (Å²) in [7, 11) is 0. The maximum absolute atomic E-state index is 12.4. The number of nitriles is 1. The highest BCUT2D eigenvalue weighted by molar-refractivity contribution is 5.76. The third kappa shape index (κ3) is 5.09. The molecule has 0 radical (unpaired) electrons. The quantitative estimate of drug-likeness (QED) is 0.837. The first-order chi connectivity index (χ1) is 13.0. The molecule has 1 unspecified atom stereocenters. The molecule has 3 rings (SSSR count). The molecule has 1 aliphatic heterocycles. The molecule has 1 aromatic rings. The van der Waals surface area contributed by atoms with Gasteiger partial charge in [0.15, 0.2) is 0 Å². The molecule has 1 saturated carbocycles. The Hall–Kier alpha value is -2.82. The fraction of sp³-hybridized carbons (Fsp3) is 0.579. The lowest BCUT2D eigenvalue weighted by atomic mass is 9.93. The Morgan fingerprint density at radius 3 is 2.67 bits per heavy atom. The van der Waals surface area contributed by atoms with Crippen LogP contribution < -0.4 is 10.1 Å². The highest BCUT2D eigenvalue weighted by Crippen LogP contribution is 2.24. The van der Waals surface area contributed by atoms with E-state index in [0.717, 1.165) is 32.1 Å². The highest BCUT2D eigenvalue weighted by atomic mass is 16.5. The van der Waals surface area contributed by atoms with Gasteiger partial charge in [-0.15, -0.1) is 0 Å². The van der Waals surface area contributed by atoms with Gasteiger partial charge in [0.05, 0.1) is 11.5 Å². The minimum Gasteiger partial charge on any atom is -0.481 e. The van der Waals surface area contributed by atoms with Gasteiger partial charge in [0.25, 0.3) is 0 Å². The number of hydrogen-bond donors (Lipinski definition) is 2. The molecule has 2 heterocycles. The summed E-state index contributed by atoms with van der Waals surface area (Å²) in [5.74, 6) is -0.787. The third-order valence-electron chi connectivity index (χ3n) is 5.21. The number of urea groups is 1. The number of likely N-dealkylation sites (tertiary alicyclic amines) is 1. The Morgan fingerprint density at radius 2 is 2.04 bits per heavy atom. The van der Waals surface area contributed by atoms with E-state index in [-0.39, 0.29) is 24.7 Å². The van der Waals surface area contributed by atoms with Crippen molar-refractivity contribution in [2.24, 2.45) is 5.92 Å². The molecular weight excluding hydrogens is 348 g/mol. The van der Waals surface area contributed by atoms with Crippen molar-refractivity contribution in [3.8, 4) is 11.9 Å². The summed E-state index contributed by atoms with van der Waals surface area (Å²) in [4.78, 5) is 29.3. The molecule has 144 valence electrons. The zero-order chi connectivity index (χ0) is 19.2. The number of nitrogens with zero attached hydrogens (tertiary/aromatic N) is 3. The minimum atomic E-state index is -0.832. The molecule has 2 aliphatic rings. The highest BCUT2D eigenvalue weighted by Gasteiger charge is 2.30. The van der Waals surface area contributed by atoms with Gasteiger partial charge >= 0.3 is 12.0 Å². The van der Waals surface area contributed by atoms with Gasteiger partial charge in [-0.3, -0.25) is 4.79 Å². The molecule has 1 saturated heterocycles. The maximum atomic E-state index is 12.4. The van der Waals surface area contributed by atoms with Crippen LogP contribution in [-0.4, -0.2) is 52.2 Å². The SMILES string of the molecule is N#Cc1ccc(OC2CCC(NC(=O)N3CCCC(C(=O)O)C3)CC2)nc1. The topological polar surface area (TPSA) is 116 Å². The van der Waals surface area contributed by atoms with Gasteiger partial charge in [-0.2, -0.15) is 5.26 Å². The van der Waals surface area contributed by atoms with Crippen molar-refractivity contribution in [1.82, 2.24) is 15.2 Å². The second kappa shape index (κ2) is 8.71. The van der Waals surface area contributed by atoms with Gasteiger partial charge in [0.2, 0.25) is 5.88 Å². The summed E-state index contributed by atoms with van der Waals surface area (Å²) in [6.45, 7) is 0.891. The van der Waals surface area contributed by atoms with E-state index in [2.05, 4.69) is 10.3 Å². The molecule has 8 heteroatoms. The Labute approximate surface area is 158 Å². The second-order valence-electron chi connectivity index (χ2n) is 7.16. The molecule has 1 aliphatic carbocycles. The first-order valence-corrected chi connectivity index (χ1v) is 9.36. The number of carbonyl (C=O) groups is 2. The summed E-state index contributed by atoms with van der Waals surface area (Å²) < 4.78 is 5.86. The number of nitrogens with one attached hydrogen (secondary N) is 1. The number of carboxylic acids is 1. The lowest BCUT2D eigenvalue weighted by Crippen LogP contribution is -2.50. The molecule has 1 atom stereocenters. The Bertz CT molecular complexity index is 707. The van der Waals surface area contributed by atoms with Crippen LogP contribution in [-0.2, 0) is 4.79 Å². The monoisotopic (exact) mass is 372 g/mol. The Morgan fingerprint density at radius 1 is 1.26 bits per heavy atom. The first-order valence-electron chi connectivity index (χ1n) is 9.36. The Balaban J connectivity index is 1.43. The molecule has 2 N–H and O–H groups in total. The van der Waals surface area contributed by atoms with Gasteiger partial charge in [0.1, 0.15) is 12.2 Å². The lowest BCUT2D eigenvalue weighted by Gasteiger charge is -2.34. The number of carbonyl (C=O) groups excluding carboxylic acids is 1. The first kappa shape index (κ1) is 19.0. The molecular formula is C19H24N4O4. The van der Waals surface area contributed by atoms with Crippen LogP contribution >= 0.6 is 0 Å². The number of ether oxygens (including phenoxy) is 1. The molecule has 2 fully saturated rings. The summed E-state index contributed by atoms with van der Waals surface area (Å²) >= 11 is 0. The van der Waals surface area contributed by atoms with Crippen LogP contribution in [0.2, 0.25) is 0 Å². The molecule has 1 aromatic heterocycles. The van der Waals surface area contributed by atoms with Crippen molar-refractivity contribution in [2.75, 3.05) is 13.1 Å². The number of pyridine rings is 1. The average Bonchev–Trinajstić information content (AvgIpc) is 2.70. The number of piperidine rings is 1. The van der Waals surface area contributed by atoms with E-state index in [1.165, 1.54) is 6.20 Å². The molecule has 8 nitrogen and oxygen atoms in total. The summed E-state index contributed by atoms with van der Waals surface area (Å²) in [5.41, 5.74) is 0.497. The van der Waals surface area contributed by atoms with Gasteiger partial charge < -0.3 is 20.1 Å². The van der Waals surface area contributed by atoms with Crippen molar-refractivity contribution >= 4 is 12.0 Å². The van der Waals surface area contributed by atoms with E-state index < -0.39 is 11.9 Å². The standard InChI is InChI=1S/C19H24N4O4/c20-10-13-3-8-17(21-11-13)27-16-6-4-15(5-7-16)22-19(26)23-9-1-2-14(12-23)18(24)25/h3,8,11,14-16H,1-2,4-7,9,12H2,(H,22,26)(H,24,25). The van der Waals surface area contributed by atoms with E-state index >= 15 is 0 Å². The van der Waals surface area contributed by atoms with Gasteiger partial charge in [-0.05, 0) is 44.6 Å². The van der Waals surface area contributed by atoms with E-state index in [1.807, 2.05) is 6.07 Å². The lowest BCUT2D eigenvalue weighted by molar-refractivity contribution is -0.143. The summed E-state index contributed by atoms with van der Waals surface area (Å²) in [6, 6.07) is 5.31. The van der Waals surface area contributed by atoms with Crippen molar-refractivity contribution in [3.05, 3.63) is 23.9 Å². The molecule has 27 heavy (non-hydrogen) atoms. The van der Waals surface area contributed by atoms with Crippen molar-refractivity contribution in [3.63, 3.8) is 0 Å². The Kier molecular flexibility index (Phi) is 6.12. The molecule has 0 bridgehead atoms. The molecule has 0 spiro atoms. The number of amides is 2. The zero-order valence-electron chi connectivity index (χ0n) is 15.1. The van der Waals surface area contributed by atoms with E-state index in [1.54, 1.807) is 17.0 Å². The third-order valence-corrected chi connectivity index (χ3v) is 5.21. The average molecular weight is 372 g/mol. The molecule has 2 amide bonds.